The Kier molecular flexibility index (Phi) is 16.3. The molecule has 0 aliphatic rings. The Bertz CT molecular complexity index is 697. The van der Waals surface area contributed by atoms with Crippen molar-refractivity contribution in [3.05, 3.63) is 71.8 Å². The van der Waals surface area contributed by atoms with Crippen LogP contribution in [0.5, 0.6) is 0 Å². The lowest BCUT2D eigenvalue weighted by Crippen LogP contribution is -2.36. The standard InChI is InChI=1S/C30H50N4O2/c1-3-31-19-17-29(35)25-33(23-27-13-7-5-8-14-27)21-11-12-22-34(24-28-15-9-6-10-16-28)26-30(36)18-20-32-4-2/h5-10,13-16,29-32,35-36H,3-4,11-12,17-26H2,1-2H3/t29-,30-/m0/s1. The molecule has 2 aromatic rings. The smallest absolute Gasteiger partial charge is 0.0679 e. The number of hydrogen-bond acceptors (Lipinski definition) is 6. The summed E-state index contributed by atoms with van der Waals surface area (Å²) < 4.78 is 0. The number of aliphatic hydroxyl groups is 2. The van der Waals surface area contributed by atoms with E-state index in [1.165, 1.54) is 11.1 Å². The average Bonchev–Trinajstić information content (AvgIpc) is 2.88. The minimum atomic E-state index is -0.325. The SMILES string of the molecule is CCNCC[C@H](O)CN(CCCCN(Cc1ccccc1)C[C@@H](O)CCNCC)Cc1ccccc1. The van der Waals surface area contributed by atoms with Crippen LogP contribution in [0.3, 0.4) is 0 Å². The molecule has 0 bridgehead atoms. The number of rotatable bonds is 21. The summed E-state index contributed by atoms with van der Waals surface area (Å²) in [4.78, 5) is 4.78. The first kappa shape index (κ1) is 30.4. The zero-order valence-corrected chi connectivity index (χ0v) is 22.6. The quantitative estimate of drug-likeness (QED) is 0.198. The normalized spacial score (nSPS) is 13.4. The van der Waals surface area contributed by atoms with E-state index in [-0.39, 0.29) is 12.2 Å². The van der Waals surface area contributed by atoms with Crippen LogP contribution in [0.1, 0.15) is 50.7 Å². The van der Waals surface area contributed by atoms with Crippen molar-refractivity contribution in [1.29, 1.82) is 0 Å². The van der Waals surface area contributed by atoms with Crippen LogP contribution in [0.4, 0.5) is 0 Å². The highest BCUT2D eigenvalue weighted by Gasteiger charge is 2.15. The van der Waals surface area contributed by atoms with E-state index in [4.69, 9.17) is 0 Å². The number of nitrogens with zero attached hydrogens (tertiary/aromatic N) is 2. The molecule has 0 fully saturated rings. The minimum Gasteiger partial charge on any atom is -0.392 e. The maximum absolute atomic E-state index is 10.6. The molecule has 0 unspecified atom stereocenters. The topological polar surface area (TPSA) is 71.0 Å². The van der Waals surface area contributed by atoms with Gasteiger partial charge in [-0.1, -0.05) is 74.5 Å². The lowest BCUT2D eigenvalue weighted by Gasteiger charge is -2.27. The zero-order valence-electron chi connectivity index (χ0n) is 22.6. The number of unbranched alkanes of at least 4 members (excludes halogenated alkanes) is 1. The summed E-state index contributed by atoms with van der Waals surface area (Å²) in [6, 6.07) is 21.1. The van der Waals surface area contributed by atoms with E-state index < -0.39 is 0 Å². The average molecular weight is 499 g/mol. The van der Waals surface area contributed by atoms with Crippen LogP contribution in [0.25, 0.3) is 0 Å². The summed E-state index contributed by atoms with van der Waals surface area (Å²) in [5.41, 5.74) is 2.57. The maximum Gasteiger partial charge on any atom is 0.0679 e. The largest absolute Gasteiger partial charge is 0.392 e. The molecule has 0 heterocycles. The minimum absolute atomic E-state index is 0.325. The second kappa shape index (κ2) is 19.3. The van der Waals surface area contributed by atoms with E-state index in [1.807, 2.05) is 12.1 Å². The van der Waals surface area contributed by atoms with E-state index in [9.17, 15) is 10.2 Å². The Morgan fingerprint density at radius 2 is 1.03 bits per heavy atom. The van der Waals surface area contributed by atoms with Crippen LogP contribution in [-0.2, 0) is 13.1 Å². The van der Waals surface area contributed by atoms with Crippen LogP contribution in [0, 0.1) is 0 Å². The fourth-order valence-corrected chi connectivity index (χ4v) is 4.49. The summed E-state index contributed by atoms with van der Waals surface area (Å²) in [6.45, 7) is 12.8. The lowest BCUT2D eigenvalue weighted by atomic mass is 10.1. The molecule has 0 aliphatic carbocycles. The molecular weight excluding hydrogens is 448 g/mol. The van der Waals surface area contributed by atoms with Gasteiger partial charge in [-0.15, -0.1) is 0 Å². The van der Waals surface area contributed by atoms with Crippen LogP contribution >= 0.6 is 0 Å². The molecule has 2 rings (SSSR count). The van der Waals surface area contributed by atoms with Gasteiger partial charge in [0, 0.05) is 26.2 Å². The molecule has 0 saturated carbocycles. The van der Waals surface area contributed by atoms with Crippen LogP contribution in [0.2, 0.25) is 0 Å². The molecule has 202 valence electrons. The Morgan fingerprint density at radius 1 is 0.639 bits per heavy atom. The van der Waals surface area contributed by atoms with Crippen molar-refractivity contribution >= 4 is 0 Å². The van der Waals surface area contributed by atoms with Gasteiger partial charge in [-0.2, -0.15) is 0 Å². The fraction of sp³-hybridized carbons (Fsp3) is 0.600. The highest BCUT2D eigenvalue weighted by molar-refractivity contribution is 5.15. The molecule has 0 radical (unpaired) electrons. The second-order valence-electron chi connectivity index (χ2n) is 9.74. The van der Waals surface area contributed by atoms with Gasteiger partial charge < -0.3 is 20.8 Å². The molecule has 4 N–H and O–H groups in total. The molecule has 0 aliphatic heterocycles. The number of aliphatic hydroxyl groups excluding tert-OH is 2. The number of hydrogen-bond donors (Lipinski definition) is 4. The van der Waals surface area contributed by atoms with E-state index in [0.29, 0.717) is 13.1 Å². The zero-order chi connectivity index (χ0) is 25.8. The molecule has 0 saturated heterocycles. The van der Waals surface area contributed by atoms with Crippen molar-refractivity contribution in [1.82, 2.24) is 20.4 Å². The Labute approximate surface area is 219 Å². The summed E-state index contributed by atoms with van der Waals surface area (Å²) in [5, 5.41) is 27.8. The predicted molar refractivity (Wildman–Crippen MR) is 151 cm³/mol. The first-order valence-electron chi connectivity index (χ1n) is 13.9. The van der Waals surface area contributed by atoms with Crippen molar-refractivity contribution in [2.75, 3.05) is 52.4 Å². The van der Waals surface area contributed by atoms with Crippen molar-refractivity contribution in [2.24, 2.45) is 0 Å². The highest BCUT2D eigenvalue weighted by Crippen LogP contribution is 2.11. The Balaban J connectivity index is 1.87. The third-order valence-corrected chi connectivity index (χ3v) is 6.44. The Hall–Kier alpha value is -1.80. The van der Waals surface area contributed by atoms with E-state index in [2.05, 4.69) is 82.8 Å². The molecule has 2 atom stereocenters. The van der Waals surface area contributed by atoms with Gasteiger partial charge in [0.25, 0.3) is 0 Å². The maximum atomic E-state index is 10.6. The summed E-state index contributed by atoms with van der Waals surface area (Å²) in [5.74, 6) is 0. The molecule has 0 aromatic heterocycles. The van der Waals surface area contributed by atoms with Gasteiger partial charge in [0.05, 0.1) is 12.2 Å². The first-order valence-corrected chi connectivity index (χ1v) is 13.9. The molecule has 2 aromatic carbocycles. The van der Waals surface area contributed by atoms with Crippen molar-refractivity contribution < 1.29 is 10.2 Å². The van der Waals surface area contributed by atoms with Crippen LogP contribution in [0.15, 0.2) is 60.7 Å². The molecule has 6 heteroatoms. The fourth-order valence-electron chi connectivity index (χ4n) is 4.49. The Morgan fingerprint density at radius 3 is 1.39 bits per heavy atom. The van der Waals surface area contributed by atoms with Gasteiger partial charge in [0.15, 0.2) is 0 Å². The molecule has 0 spiro atoms. The summed E-state index contributed by atoms with van der Waals surface area (Å²) in [6.07, 6.45) is 3.02. The molecular formula is C30H50N4O2. The van der Waals surface area contributed by atoms with Gasteiger partial charge in [-0.25, -0.2) is 0 Å². The van der Waals surface area contributed by atoms with Crippen LogP contribution in [-0.4, -0.2) is 84.6 Å². The third kappa shape index (κ3) is 14.1. The second-order valence-corrected chi connectivity index (χ2v) is 9.74. The lowest BCUT2D eigenvalue weighted by molar-refractivity contribution is 0.0926. The molecule has 6 nitrogen and oxygen atoms in total. The van der Waals surface area contributed by atoms with Crippen molar-refractivity contribution in [2.45, 2.75) is 64.8 Å². The van der Waals surface area contributed by atoms with Gasteiger partial charge in [0.1, 0.15) is 0 Å². The third-order valence-electron chi connectivity index (χ3n) is 6.44. The summed E-state index contributed by atoms with van der Waals surface area (Å²) >= 11 is 0. The van der Waals surface area contributed by atoms with Crippen molar-refractivity contribution in [3.8, 4) is 0 Å². The van der Waals surface area contributed by atoms with Gasteiger partial charge in [0.2, 0.25) is 0 Å². The summed E-state index contributed by atoms with van der Waals surface area (Å²) in [7, 11) is 0. The molecule has 36 heavy (non-hydrogen) atoms. The van der Waals surface area contributed by atoms with Gasteiger partial charge in [-0.05, 0) is 76.1 Å². The predicted octanol–water partition coefficient (Wildman–Crippen LogP) is 3.49. The highest BCUT2D eigenvalue weighted by atomic mass is 16.3. The van der Waals surface area contributed by atoms with Gasteiger partial charge >= 0.3 is 0 Å². The first-order chi connectivity index (χ1) is 17.6. The van der Waals surface area contributed by atoms with E-state index >= 15 is 0 Å². The number of nitrogens with one attached hydrogen (secondary N) is 2. The van der Waals surface area contributed by atoms with Crippen LogP contribution < -0.4 is 10.6 Å². The van der Waals surface area contributed by atoms with Gasteiger partial charge in [-0.3, -0.25) is 9.80 Å². The van der Waals surface area contributed by atoms with E-state index in [1.54, 1.807) is 0 Å². The number of benzene rings is 2. The monoisotopic (exact) mass is 498 g/mol. The van der Waals surface area contributed by atoms with Crippen molar-refractivity contribution in [3.63, 3.8) is 0 Å². The van der Waals surface area contributed by atoms with E-state index in [0.717, 1.165) is 78.0 Å². The molecule has 0 amide bonds.